The SMILES string of the molecule is Cc1ccc(N=C2N=C(c3ccccc3)N=C2NN(C)C)cc1. The van der Waals surface area contributed by atoms with Crippen LogP contribution in [0, 0.1) is 6.92 Å². The highest BCUT2D eigenvalue weighted by Gasteiger charge is 2.19. The Bertz CT molecular complexity index is 771. The van der Waals surface area contributed by atoms with E-state index in [9.17, 15) is 0 Å². The van der Waals surface area contributed by atoms with Crippen LogP contribution in [0.1, 0.15) is 11.1 Å². The molecule has 0 bridgehead atoms. The number of hydrogen-bond donors (Lipinski definition) is 1. The van der Waals surface area contributed by atoms with E-state index in [-0.39, 0.29) is 0 Å². The fourth-order valence-electron chi connectivity index (χ4n) is 2.16. The van der Waals surface area contributed by atoms with Gasteiger partial charge in [0.05, 0.1) is 5.69 Å². The summed E-state index contributed by atoms with van der Waals surface area (Å²) in [6.45, 7) is 2.05. The van der Waals surface area contributed by atoms with Crippen LogP contribution in [0.2, 0.25) is 0 Å². The summed E-state index contributed by atoms with van der Waals surface area (Å²) in [6.07, 6.45) is 0. The van der Waals surface area contributed by atoms with Gasteiger partial charge in [0, 0.05) is 19.7 Å². The van der Waals surface area contributed by atoms with Gasteiger partial charge in [-0.05, 0) is 19.1 Å². The average molecular weight is 305 g/mol. The van der Waals surface area contributed by atoms with Crippen LogP contribution in [0.3, 0.4) is 0 Å². The van der Waals surface area contributed by atoms with Gasteiger partial charge < -0.3 is 5.43 Å². The fraction of sp³-hybridized carbons (Fsp3) is 0.167. The fourth-order valence-corrected chi connectivity index (χ4v) is 2.16. The molecule has 1 aliphatic rings. The molecular formula is C18H19N5. The van der Waals surface area contributed by atoms with Crippen molar-refractivity contribution in [1.82, 2.24) is 10.4 Å². The minimum absolute atomic E-state index is 0.585. The molecule has 0 amide bonds. The highest BCUT2D eigenvalue weighted by Crippen LogP contribution is 2.16. The van der Waals surface area contributed by atoms with E-state index in [1.807, 2.05) is 73.7 Å². The first-order valence-corrected chi connectivity index (χ1v) is 7.44. The summed E-state index contributed by atoms with van der Waals surface area (Å²) in [5.41, 5.74) is 6.19. The first-order chi connectivity index (χ1) is 11.1. The molecule has 0 unspecified atom stereocenters. The standard InChI is InChI=1S/C18H19N5/c1-13-9-11-15(12-10-13)19-17-18(22-23(2)3)21-16(20-17)14-7-5-4-6-8-14/h4-12H,1-3H3,(H,19,20,21,22). The number of hydrogen-bond acceptors (Lipinski definition) is 4. The van der Waals surface area contributed by atoms with E-state index in [0.29, 0.717) is 17.5 Å². The van der Waals surface area contributed by atoms with Gasteiger partial charge in [-0.2, -0.15) is 0 Å². The van der Waals surface area contributed by atoms with Crippen molar-refractivity contribution in [3.8, 4) is 0 Å². The van der Waals surface area contributed by atoms with Crippen LogP contribution in [-0.4, -0.2) is 36.6 Å². The van der Waals surface area contributed by atoms with E-state index in [0.717, 1.165) is 11.3 Å². The monoisotopic (exact) mass is 305 g/mol. The lowest BCUT2D eigenvalue weighted by Crippen LogP contribution is -2.39. The Kier molecular flexibility index (Phi) is 4.30. The van der Waals surface area contributed by atoms with Crippen LogP contribution in [0.25, 0.3) is 0 Å². The summed E-state index contributed by atoms with van der Waals surface area (Å²) in [4.78, 5) is 13.8. The summed E-state index contributed by atoms with van der Waals surface area (Å²) in [5.74, 6) is 1.90. The molecule has 0 aliphatic carbocycles. The van der Waals surface area contributed by atoms with Crippen molar-refractivity contribution in [3.63, 3.8) is 0 Å². The third-order valence-corrected chi connectivity index (χ3v) is 3.27. The van der Waals surface area contributed by atoms with Gasteiger partial charge in [-0.15, -0.1) is 0 Å². The first kappa shape index (κ1) is 15.1. The van der Waals surface area contributed by atoms with Crippen LogP contribution in [0.5, 0.6) is 0 Å². The topological polar surface area (TPSA) is 52.4 Å². The summed E-state index contributed by atoms with van der Waals surface area (Å²) in [5, 5.41) is 1.83. The number of nitrogens with one attached hydrogen (secondary N) is 1. The van der Waals surface area contributed by atoms with Crippen LogP contribution >= 0.6 is 0 Å². The molecule has 1 aliphatic heterocycles. The van der Waals surface area contributed by atoms with E-state index >= 15 is 0 Å². The Morgan fingerprint density at radius 3 is 2.26 bits per heavy atom. The third kappa shape index (κ3) is 3.70. The van der Waals surface area contributed by atoms with Gasteiger partial charge in [-0.1, -0.05) is 48.0 Å². The molecule has 5 heteroatoms. The average Bonchev–Trinajstić information content (AvgIpc) is 2.92. The highest BCUT2D eigenvalue weighted by molar-refractivity contribution is 6.48. The van der Waals surface area contributed by atoms with Crippen molar-refractivity contribution in [2.45, 2.75) is 6.92 Å². The Hall–Kier alpha value is -2.79. The highest BCUT2D eigenvalue weighted by atomic mass is 15.5. The number of aliphatic imine (C=N–C) groups is 3. The summed E-state index contributed by atoms with van der Waals surface area (Å²) in [7, 11) is 3.82. The van der Waals surface area contributed by atoms with Gasteiger partial charge in [0.1, 0.15) is 0 Å². The minimum atomic E-state index is 0.585. The number of rotatable bonds is 3. The maximum atomic E-state index is 4.62. The molecule has 0 spiro atoms. The summed E-state index contributed by atoms with van der Waals surface area (Å²) in [6, 6.07) is 17.9. The van der Waals surface area contributed by atoms with Crippen molar-refractivity contribution in [1.29, 1.82) is 0 Å². The van der Waals surface area contributed by atoms with Crippen molar-refractivity contribution in [2.24, 2.45) is 15.0 Å². The molecule has 23 heavy (non-hydrogen) atoms. The molecule has 0 atom stereocenters. The number of hydrazine groups is 1. The predicted octanol–water partition coefficient (Wildman–Crippen LogP) is 2.95. The second kappa shape index (κ2) is 6.54. The van der Waals surface area contributed by atoms with E-state index in [2.05, 4.69) is 27.3 Å². The molecular weight excluding hydrogens is 286 g/mol. The smallest absolute Gasteiger partial charge is 0.199 e. The molecule has 0 radical (unpaired) electrons. The van der Waals surface area contributed by atoms with E-state index in [1.165, 1.54) is 5.56 Å². The zero-order valence-corrected chi connectivity index (χ0v) is 13.5. The first-order valence-electron chi connectivity index (χ1n) is 7.44. The molecule has 5 nitrogen and oxygen atoms in total. The van der Waals surface area contributed by atoms with Gasteiger partial charge >= 0.3 is 0 Å². The van der Waals surface area contributed by atoms with E-state index in [4.69, 9.17) is 0 Å². The molecule has 0 fully saturated rings. The Morgan fingerprint density at radius 1 is 0.913 bits per heavy atom. The normalized spacial score (nSPS) is 15.7. The molecule has 1 N–H and O–H groups in total. The van der Waals surface area contributed by atoms with Crippen molar-refractivity contribution in [2.75, 3.05) is 14.1 Å². The zero-order chi connectivity index (χ0) is 16.2. The summed E-state index contributed by atoms with van der Waals surface area (Å²) < 4.78 is 0. The van der Waals surface area contributed by atoms with Crippen molar-refractivity contribution >= 4 is 23.2 Å². The lowest BCUT2D eigenvalue weighted by atomic mass is 10.2. The largest absolute Gasteiger partial charge is 0.300 e. The van der Waals surface area contributed by atoms with Crippen molar-refractivity contribution in [3.05, 3.63) is 65.7 Å². The van der Waals surface area contributed by atoms with Crippen LogP contribution in [-0.2, 0) is 0 Å². The Balaban J connectivity index is 1.97. The van der Waals surface area contributed by atoms with Gasteiger partial charge in [0.25, 0.3) is 0 Å². The molecule has 3 rings (SSSR count). The second-order valence-electron chi connectivity index (χ2n) is 5.54. The maximum absolute atomic E-state index is 4.62. The van der Waals surface area contributed by atoms with Gasteiger partial charge in [0.2, 0.25) is 0 Å². The second-order valence-corrected chi connectivity index (χ2v) is 5.54. The Labute approximate surface area is 136 Å². The van der Waals surface area contributed by atoms with Gasteiger partial charge in [0.15, 0.2) is 17.5 Å². The van der Waals surface area contributed by atoms with E-state index in [1.54, 1.807) is 0 Å². The Morgan fingerprint density at radius 2 is 1.61 bits per heavy atom. The van der Waals surface area contributed by atoms with Crippen LogP contribution < -0.4 is 5.43 Å². The predicted molar refractivity (Wildman–Crippen MR) is 95.5 cm³/mol. The third-order valence-electron chi connectivity index (χ3n) is 3.27. The van der Waals surface area contributed by atoms with Gasteiger partial charge in [-0.3, -0.25) is 0 Å². The lowest BCUT2D eigenvalue weighted by molar-refractivity contribution is 0.365. The quantitative estimate of drug-likeness (QED) is 0.886. The van der Waals surface area contributed by atoms with Crippen LogP contribution in [0.4, 0.5) is 5.69 Å². The van der Waals surface area contributed by atoms with E-state index < -0.39 is 0 Å². The minimum Gasteiger partial charge on any atom is -0.300 e. The van der Waals surface area contributed by atoms with Crippen molar-refractivity contribution < 1.29 is 0 Å². The molecule has 0 saturated carbocycles. The molecule has 2 aromatic rings. The molecule has 2 aromatic carbocycles. The number of benzene rings is 2. The zero-order valence-electron chi connectivity index (χ0n) is 13.5. The van der Waals surface area contributed by atoms with Crippen LogP contribution in [0.15, 0.2) is 69.6 Å². The number of amidine groups is 3. The number of nitrogens with zero attached hydrogens (tertiary/aromatic N) is 4. The van der Waals surface area contributed by atoms with Gasteiger partial charge in [-0.25, -0.2) is 20.0 Å². The molecule has 0 aromatic heterocycles. The maximum Gasteiger partial charge on any atom is 0.199 e. The number of aryl methyl sites for hydroxylation is 1. The molecule has 0 saturated heterocycles. The lowest BCUT2D eigenvalue weighted by Gasteiger charge is -2.12. The molecule has 1 heterocycles. The molecule has 116 valence electrons. The summed E-state index contributed by atoms with van der Waals surface area (Å²) >= 11 is 0.